The summed E-state index contributed by atoms with van der Waals surface area (Å²) in [5, 5.41) is 0. The zero-order valence-electron chi connectivity index (χ0n) is 6.74. The molecule has 1 nitrogen and oxygen atoms in total. The first-order valence-corrected chi connectivity index (χ1v) is 3.97. The van der Waals surface area contributed by atoms with Crippen LogP contribution in [0.5, 0.6) is 0 Å². The van der Waals surface area contributed by atoms with Crippen molar-refractivity contribution in [1.82, 2.24) is 0 Å². The normalized spacial score (nSPS) is 18.2. The van der Waals surface area contributed by atoms with E-state index in [0.29, 0.717) is 0 Å². The summed E-state index contributed by atoms with van der Waals surface area (Å²) in [6, 6.07) is 0. The van der Waals surface area contributed by atoms with Gasteiger partial charge in [-0.05, 0) is 38.2 Å². The summed E-state index contributed by atoms with van der Waals surface area (Å²) in [7, 11) is 0. The molecule has 0 aromatic carbocycles. The molecule has 1 aliphatic rings. The lowest BCUT2D eigenvalue weighted by Crippen LogP contribution is -1.94. The van der Waals surface area contributed by atoms with Crippen molar-refractivity contribution in [1.29, 1.82) is 0 Å². The van der Waals surface area contributed by atoms with E-state index in [9.17, 15) is 4.79 Å². The van der Waals surface area contributed by atoms with Crippen molar-refractivity contribution >= 4 is 5.78 Å². The standard InChI is InChI=1S/C9H14O/c1-3-8-5-4-6-9(8)7(2)10/h3-6H2,1-2H3. The van der Waals surface area contributed by atoms with E-state index in [2.05, 4.69) is 6.92 Å². The van der Waals surface area contributed by atoms with Crippen molar-refractivity contribution < 1.29 is 4.79 Å². The van der Waals surface area contributed by atoms with Crippen LogP contribution in [-0.4, -0.2) is 5.78 Å². The van der Waals surface area contributed by atoms with E-state index >= 15 is 0 Å². The molecule has 0 aromatic rings. The third-order valence-electron chi connectivity index (χ3n) is 2.18. The van der Waals surface area contributed by atoms with Crippen LogP contribution < -0.4 is 0 Å². The molecule has 10 heavy (non-hydrogen) atoms. The molecule has 1 aliphatic carbocycles. The first-order valence-electron chi connectivity index (χ1n) is 3.97. The maximum Gasteiger partial charge on any atom is 0.155 e. The Morgan fingerprint density at radius 3 is 2.60 bits per heavy atom. The van der Waals surface area contributed by atoms with Gasteiger partial charge in [0.1, 0.15) is 0 Å². The summed E-state index contributed by atoms with van der Waals surface area (Å²) in [5.74, 6) is 0.286. The zero-order chi connectivity index (χ0) is 7.56. The van der Waals surface area contributed by atoms with Gasteiger partial charge in [0.05, 0.1) is 0 Å². The molecule has 0 N–H and O–H groups in total. The minimum atomic E-state index is 0.286. The zero-order valence-corrected chi connectivity index (χ0v) is 6.74. The first-order chi connectivity index (χ1) is 4.75. The number of carbonyl (C=O) groups is 1. The van der Waals surface area contributed by atoms with Crippen molar-refractivity contribution in [3.63, 3.8) is 0 Å². The number of hydrogen-bond acceptors (Lipinski definition) is 1. The van der Waals surface area contributed by atoms with Crippen LogP contribution in [0.4, 0.5) is 0 Å². The fraction of sp³-hybridized carbons (Fsp3) is 0.667. The van der Waals surface area contributed by atoms with Crippen LogP contribution in [0.1, 0.15) is 39.5 Å². The van der Waals surface area contributed by atoms with E-state index in [4.69, 9.17) is 0 Å². The second-order valence-corrected chi connectivity index (χ2v) is 2.85. The molecule has 0 spiro atoms. The van der Waals surface area contributed by atoms with Crippen molar-refractivity contribution in [2.75, 3.05) is 0 Å². The predicted octanol–water partition coefficient (Wildman–Crippen LogP) is 2.47. The minimum absolute atomic E-state index is 0.286. The average Bonchev–Trinajstić information content (AvgIpc) is 2.33. The number of carbonyl (C=O) groups excluding carboxylic acids is 1. The second-order valence-electron chi connectivity index (χ2n) is 2.85. The molecule has 0 heterocycles. The van der Waals surface area contributed by atoms with E-state index in [-0.39, 0.29) is 5.78 Å². The quantitative estimate of drug-likeness (QED) is 0.573. The van der Waals surface area contributed by atoms with Gasteiger partial charge in [-0.2, -0.15) is 0 Å². The largest absolute Gasteiger partial charge is 0.295 e. The number of hydrogen-bond donors (Lipinski definition) is 0. The van der Waals surface area contributed by atoms with Gasteiger partial charge in [-0.1, -0.05) is 12.5 Å². The highest BCUT2D eigenvalue weighted by atomic mass is 16.1. The Morgan fingerprint density at radius 1 is 1.50 bits per heavy atom. The van der Waals surface area contributed by atoms with Crippen LogP contribution in [0.25, 0.3) is 0 Å². The van der Waals surface area contributed by atoms with Crippen molar-refractivity contribution in [2.24, 2.45) is 0 Å². The van der Waals surface area contributed by atoms with Gasteiger partial charge < -0.3 is 0 Å². The van der Waals surface area contributed by atoms with Crippen LogP contribution in [0.3, 0.4) is 0 Å². The molecular weight excluding hydrogens is 124 g/mol. The molecule has 0 atom stereocenters. The predicted molar refractivity (Wildman–Crippen MR) is 41.8 cm³/mol. The number of rotatable bonds is 2. The van der Waals surface area contributed by atoms with E-state index in [1.54, 1.807) is 6.92 Å². The maximum absolute atomic E-state index is 11.0. The Morgan fingerprint density at radius 2 is 2.20 bits per heavy atom. The van der Waals surface area contributed by atoms with Crippen LogP contribution in [-0.2, 0) is 4.79 Å². The average molecular weight is 138 g/mol. The maximum atomic E-state index is 11.0. The lowest BCUT2D eigenvalue weighted by molar-refractivity contribution is -0.113. The molecule has 0 aliphatic heterocycles. The summed E-state index contributed by atoms with van der Waals surface area (Å²) >= 11 is 0. The van der Waals surface area contributed by atoms with Gasteiger partial charge in [-0.15, -0.1) is 0 Å². The fourth-order valence-corrected chi connectivity index (χ4v) is 1.62. The van der Waals surface area contributed by atoms with Crippen LogP contribution in [0.15, 0.2) is 11.1 Å². The number of Topliss-reactive ketones (excluding diaryl/α,β-unsaturated/α-hetero) is 1. The Bertz CT molecular complexity index is 177. The van der Waals surface area contributed by atoms with E-state index in [0.717, 1.165) is 24.8 Å². The van der Waals surface area contributed by atoms with Crippen LogP contribution >= 0.6 is 0 Å². The van der Waals surface area contributed by atoms with Crippen LogP contribution in [0.2, 0.25) is 0 Å². The minimum Gasteiger partial charge on any atom is -0.295 e. The Hall–Kier alpha value is -0.590. The SMILES string of the molecule is CCC1=C(C(C)=O)CCC1. The van der Waals surface area contributed by atoms with Gasteiger partial charge in [0.25, 0.3) is 0 Å². The third-order valence-corrected chi connectivity index (χ3v) is 2.18. The molecule has 56 valence electrons. The van der Waals surface area contributed by atoms with Gasteiger partial charge in [0, 0.05) is 0 Å². The highest BCUT2D eigenvalue weighted by Gasteiger charge is 2.15. The molecule has 0 aromatic heterocycles. The highest BCUT2D eigenvalue weighted by molar-refractivity contribution is 5.94. The molecule has 0 saturated carbocycles. The summed E-state index contributed by atoms with van der Waals surface area (Å²) in [5.41, 5.74) is 2.51. The van der Waals surface area contributed by atoms with Gasteiger partial charge in [-0.25, -0.2) is 0 Å². The molecule has 0 saturated heterocycles. The molecule has 0 fully saturated rings. The summed E-state index contributed by atoms with van der Waals surface area (Å²) in [6.07, 6.45) is 4.44. The summed E-state index contributed by atoms with van der Waals surface area (Å²) in [6.45, 7) is 3.81. The van der Waals surface area contributed by atoms with E-state index in [1.165, 1.54) is 12.0 Å². The van der Waals surface area contributed by atoms with Crippen molar-refractivity contribution in [3.05, 3.63) is 11.1 Å². The lowest BCUT2D eigenvalue weighted by atomic mass is 10.1. The fourth-order valence-electron chi connectivity index (χ4n) is 1.62. The van der Waals surface area contributed by atoms with Gasteiger partial charge in [0.15, 0.2) is 5.78 Å². The summed E-state index contributed by atoms with van der Waals surface area (Å²) < 4.78 is 0. The Balaban J connectivity index is 2.78. The van der Waals surface area contributed by atoms with Gasteiger partial charge in [-0.3, -0.25) is 4.79 Å². The topological polar surface area (TPSA) is 17.1 Å². The number of allylic oxidation sites excluding steroid dienone is 2. The third kappa shape index (κ3) is 1.28. The molecular formula is C9H14O. The smallest absolute Gasteiger partial charge is 0.155 e. The van der Waals surface area contributed by atoms with Crippen molar-refractivity contribution in [3.8, 4) is 0 Å². The Labute approximate surface area is 62.1 Å². The first kappa shape index (κ1) is 7.52. The van der Waals surface area contributed by atoms with E-state index < -0.39 is 0 Å². The molecule has 0 unspecified atom stereocenters. The van der Waals surface area contributed by atoms with E-state index in [1.807, 2.05) is 0 Å². The van der Waals surface area contributed by atoms with Gasteiger partial charge in [0.2, 0.25) is 0 Å². The molecule has 0 amide bonds. The van der Waals surface area contributed by atoms with Crippen molar-refractivity contribution in [2.45, 2.75) is 39.5 Å². The van der Waals surface area contributed by atoms with Gasteiger partial charge >= 0.3 is 0 Å². The lowest BCUT2D eigenvalue weighted by Gasteiger charge is -1.98. The Kier molecular flexibility index (Phi) is 2.25. The number of ketones is 1. The second kappa shape index (κ2) is 3.00. The molecule has 1 rings (SSSR count). The summed E-state index contributed by atoms with van der Waals surface area (Å²) in [4.78, 5) is 11.0. The monoisotopic (exact) mass is 138 g/mol. The highest BCUT2D eigenvalue weighted by Crippen LogP contribution is 2.28. The molecule has 1 heteroatoms. The molecule has 0 radical (unpaired) electrons. The van der Waals surface area contributed by atoms with Crippen LogP contribution in [0, 0.1) is 0 Å². The molecule has 0 bridgehead atoms.